The third-order valence-electron chi connectivity index (χ3n) is 4.08. The molecule has 1 saturated heterocycles. The maximum absolute atomic E-state index is 5.63. The van der Waals surface area contributed by atoms with E-state index in [-0.39, 0.29) is 5.95 Å². The molecule has 3 aromatic heterocycles. The Kier molecular flexibility index (Phi) is 4.43. The predicted octanol–water partition coefficient (Wildman–Crippen LogP) is 1.29. The second-order valence-corrected chi connectivity index (χ2v) is 6.65. The molecule has 0 amide bonds. The Morgan fingerprint density at radius 1 is 1.24 bits per heavy atom. The van der Waals surface area contributed by atoms with Crippen LogP contribution in [-0.4, -0.2) is 53.3 Å². The Bertz CT molecular complexity index is 874. The zero-order valence-electron chi connectivity index (χ0n) is 13.9. The van der Waals surface area contributed by atoms with Crippen LogP contribution >= 0.6 is 11.3 Å². The maximum Gasteiger partial charge on any atom is 0.226 e. The number of rotatable bonds is 4. The lowest BCUT2D eigenvalue weighted by Crippen LogP contribution is -2.37. The zero-order valence-corrected chi connectivity index (χ0v) is 14.7. The normalized spacial score (nSPS) is 15.0. The smallest absolute Gasteiger partial charge is 0.226 e. The highest BCUT2D eigenvalue weighted by molar-refractivity contribution is 7.17. The fourth-order valence-corrected chi connectivity index (χ4v) is 3.85. The van der Waals surface area contributed by atoms with Gasteiger partial charge in [0, 0.05) is 43.2 Å². The van der Waals surface area contributed by atoms with Crippen molar-refractivity contribution < 1.29 is 4.74 Å². The number of morpholine rings is 1. The first-order chi connectivity index (χ1) is 12.3. The number of anilines is 2. The number of nitrogens with one attached hydrogen (secondary N) is 1. The predicted molar refractivity (Wildman–Crippen MR) is 98.6 cm³/mol. The van der Waals surface area contributed by atoms with Crippen molar-refractivity contribution in [1.82, 2.24) is 25.3 Å². The summed E-state index contributed by atoms with van der Waals surface area (Å²) in [6.45, 7) is 3.71. The molecule has 25 heavy (non-hydrogen) atoms. The van der Waals surface area contributed by atoms with E-state index in [4.69, 9.17) is 20.4 Å². The van der Waals surface area contributed by atoms with E-state index in [0.29, 0.717) is 13.2 Å². The molecule has 1 aliphatic heterocycles. The molecule has 1 fully saturated rings. The van der Waals surface area contributed by atoms with Crippen LogP contribution < -0.4 is 16.0 Å². The molecule has 0 aromatic carbocycles. The summed E-state index contributed by atoms with van der Waals surface area (Å²) in [5.74, 6) is 0.975. The van der Waals surface area contributed by atoms with Gasteiger partial charge in [-0.25, -0.2) is 19.9 Å². The summed E-state index contributed by atoms with van der Waals surface area (Å²) in [5, 5.41) is 5.32. The number of hydrogen-bond donors (Lipinski definition) is 2. The van der Waals surface area contributed by atoms with Crippen molar-refractivity contribution in [3.63, 3.8) is 0 Å². The van der Waals surface area contributed by atoms with Crippen LogP contribution in [0.25, 0.3) is 21.5 Å². The van der Waals surface area contributed by atoms with Crippen LogP contribution in [0.5, 0.6) is 0 Å². The first-order valence-corrected chi connectivity index (χ1v) is 8.97. The second-order valence-electron chi connectivity index (χ2n) is 5.77. The van der Waals surface area contributed by atoms with Crippen LogP contribution in [0.4, 0.5) is 11.9 Å². The summed E-state index contributed by atoms with van der Waals surface area (Å²) < 4.78 is 6.48. The van der Waals surface area contributed by atoms with E-state index < -0.39 is 0 Å². The average Bonchev–Trinajstić information content (AvgIpc) is 3.06. The van der Waals surface area contributed by atoms with Gasteiger partial charge in [0.25, 0.3) is 0 Å². The Balaban J connectivity index is 1.88. The number of thiophene rings is 1. The van der Waals surface area contributed by atoms with Gasteiger partial charge in [0.2, 0.25) is 11.9 Å². The summed E-state index contributed by atoms with van der Waals surface area (Å²) in [6.07, 6.45) is 3.43. The van der Waals surface area contributed by atoms with Crippen molar-refractivity contribution in [3.8, 4) is 11.3 Å². The molecular formula is C16H19N7OS. The fraction of sp³-hybridized carbons (Fsp3) is 0.375. The highest BCUT2D eigenvalue weighted by Crippen LogP contribution is 2.34. The van der Waals surface area contributed by atoms with Crippen LogP contribution in [0.3, 0.4) is 0 Å². The molecule has 3 N–H and O–H groups in total. The van der Waals surface area contributed by atoms with Gasteiger partial charge in [0.1, 0.15) is 0 Å². The van der Waals surface area contributed by atoms with Crippen molar-refractivity contribution in [2.24, 2.45) is 0 Å². The van der Waals surface area contributed by atoms with Gasteiger partial charge in [-0.15, -0.1) is 11.3 Å². The number of nitrogen functional groups attached to an aromatic ring is 1. The lowest BCUT2D eigenvalue weighted by atomic mass is 10.2. The van der Waals surface area contributed by atoms with Crippen LogP contribution in [0.1, 0.15) is 5.56 Å². The van der Waals surface area contributed by atoms with Gasteiger partial charge in [-0.05, 0) is 12.4 Å². The van der Waals surface area contributed by atoms with E-state index in [1.807, 2.05) is 7.05 Å². The molecule has 0 saturated carbocycles. The quantitative estimate of drug-likeness (QED) is 0.720. The van der Waals surface area contributed by atoms with E-state index in [1.54, 1.807) is 23.7 Å². The second kappa shape index (κ2) is 6.87. The molecule has 4 heterocycles. The van der Waals surface area contributed by atoms with Crippen molar-refractivity contribution >= 4 is 33.5 Å². The van der Waals surface area contributed by atoms with E-state index >= 15 is 0 Å². The van der Waals surface area contributed by atoms with E-state index in [0.717, 1.165) is 52.6 Å². The Morgan fingerprint density at radius 2 is 2.00 bits per heavy atom. The van der Waals surface area contributed by atoms with Gasteiger partial charge in [-0.1, -0.05) is 0 Å². The molecule has 4 rings (SSSR count). The summed E-state index contributed by atoms with van der Waals surface area (Å²) >= 11 is 1.64. The first-order valence-electron chi connectivity index (χ1n) is 8.09. The van der Waals surface area contributed by atoms with Crippen molar-refractivity contribution in [2.75, 3.05) is 44.0 Å². The molecule has 8 nitrogen and oxygen atoms in total. The molecule has 0 atom stereocenters. The zero-order chi connectivity index (χ0) is 17.2. The highest BCUT2D eigenvalue weighted by Gasteiger charge is 2.20. The fourth-order valence-electron chi connectivity index (χ4n) is 2.83. The first kappa shape index (κ1) is 16.1. The highest BCUT2D eigenvalue weighted by atomic mass is 32.1. The largest absolute Gasteiger partial charge is 0.378 e. The van der Waals surface area contributed by atoms with Gasteiger partial charge in [0.05, 0.1) is 29.1 Å². The Morgan fingerprint density at radius 3 is 2.72 bits per heavy atom. The van der Waals surface area contributed by atoms with Gasteiger partial charge >= 0.3 is 0 Å². The van der Waals surface area contributed by atoms with Crippen molar-refractivity contribution in [2.45, 2.75) is 6.54 Å². The van der Waals surface area contributed by atoms with E-state index in [1.165, 1.54) is 0 Å². The topological polar surface area (TPSA) is 102 Å². The number of fused-ring (bicyclic) bond motifs is 1. The summed E-state index contributed by atoms with van der Waals surface area (Å²) in [6, 6.07) is 0. The molecule has 0 aliphatic carbocycles. The number of ether oxygens (including phenoxy) is 1. The monoisotopic (exact) mass is 357 g/mol. The number of hydrogen-bond acceptors (Lipinski definition) is 9. The molecule has 9 heteroatoms. The third kappa shape index (κ3) is 3.13. The van der Waals surface area contributed by atoms with Crippen molar-refractivity contribution in [3.05, 3.63) is 23.3 Å². The lowest BCUT2D eigenvalue weighted by Gasteiger charge is -2.27. The molecule has 130 valence electrons. The van der Waals surface area contributed by atoms with Gasteiger partial charge in [-0.3, -0.25) is 0 Å². The molecule has 0 radical (unpaired) electrons. The SMILES string of the molecule is CNCc1csc2c(-c3cnc(N)nc3)nc(N3CCOCC3)nc12. The van der Waals surface area contributed by atoms with Crippen LogP contribution in [0.2, 0.25) is 0 Å². The average molecular weight is 357 g/mol. The lowest BCUT2D eigenvalue weighted by molar-refractivity contribution is 0.122. The Labute approximate surface area is 149 Å². The minimum absolute atomic E-state index is 0.254. The van der Waals surface area contributed by atoms with E-state index in [2.05, 4.69) is 25.6 Å². The van der Waals surface area contributed by atoms with Crippen LogP contribution in [0.15, 0.2) is 17.8 Å². The summed E-state index contributed by atoms with van der Waals surface area (Å²) in [5.41, 5.74) is 9.45. The third-order valence-corrected chi connectivity index (χ3v) is 5.11. The summed E-state index contributed by atoms with van der Waals surface area (Å²) in [7, 11) is 1.93. The molecular weight excluding hydrogens is 338 g/mol. The van der Waals surface area contributed by atoms with Crippen molar-refractivity contribution in [1.29, 1.82) is 0 Å². The van der Waals surface area contributed by atoms with E-state index in [9.17, 15) is 0 Å². The summed E-state index contributed by atoms with van der Waals surface area (Å²) in [4.78, 5) is 20.1. The molecule has 1 aliphatic rings. The molecule has 0 bridgehead atoms. The maximum atomic E-state index is 5.63. The van der Waals surface area contributed by atoms with Crippen LogP contribution in [0, 0.1) is 0 Å². The van der Waals surface area contributed by atoms with Gasteiger partial charge in [0.15, 0.2) is 0 Å². The number of aromatic nitrogens is 4. The minimum Gasteiger partial charge on any atom is -0.378 e. The van der Waals surface area contributed by atoms with Gasteiger partial charge in [-0.2, -0.15) is 0 Å². The standard InChI is InChI=1S/C16H19N7OS/c1-18-6-11-9-25-14-12(10-7-19-15(17)20-8-10)21-16(22-13(11)14)23-2-4-24-5-3-23/h7-9,18H,2-6H2,1H3,(H2,17,19,20). The minimum atomic E-state index is 0.254. The number of nitrogens with zero attached hydrogens (tertiary/aromatic N) is 5. The Hall–Kier alpha value is -2.36. The molecule has 0 spiro atoms. The molecule has 0 unspecified atom stereocenters. The van der Waals surface area contributed by atoms with Gasteiger partial charge < -0.3 is 20.7 Å². The van der Waals surface area contributed by atoms with Crippen LogP contribution in [-0.2, 0) is 11.3 Å². The number of nitrogens with two attached hydrogens (primary N) is 1. The molecule has 3 aromatic rings.